The smallest absolute Gasteiger partial charge is 0.147 e. The molecular weight excluding hydrogens is 140 g/mol. The van der Waals surface area contributed by atoms with E-state index in [-0.39, 0.29) is 6.04 Å². The number of aromatic nitrogens is 3. The van der Waals surface area contributed by atoms with E-state index in [0.717, 1.165) is 0 Å². The van der Waals surface area contributed by atoms with Crippen LogP contribution >= 0.6 is 0 Å². The molecule has 1 rings (SSSR count). The van der Waals surface area contributed by atoms with Crippen molar-refractivity contribution >= 4 is 0 Å². The Morgan fingerprint density at radius 3 is 3.00 bits per heavy atom. The number of nitrogens with one attached hydrogen (secondary N) is 1. The third kappa shape index (κ3) is 1.79. The lowest BCUT2D eigenvalue weighted by molar-refractivity contribution is 0.696. The summed E-state index contributed by atoms with van der Waals surface area (Å²) in [5.41, 5.74) is 5.64. The Labute approximate surface area is 65.2 Å². The zero-order chi connectivity index (χ0) is 8.27. The molecule has 3 N–H and O–H groups in total. The Bertz CT molecular complexity index is 270. The Morgan fingerprint density at radius 2 is 2.55 bits per heavy atom. The molecule has 0 fully saturated rings. The molecule has 0 bridgehead atoms. The molecule has 0 saturated carbocycles. The first kappa shape index (κ1) is 7.76. The second-order valence-electron chi connectivity index (χ2n) is 2.28. The van der Waals surface area contributed by atoms with Gasteiger partial charge >= 0.3 is 0 Å². The summed E-state index contributed by atoms with van der Waals surface area (Å²) in [4.78, 5) is 4.04. The fraction of sp³-hybridized carbons (Fsp3) is 0.429. The van der Waals surface area contributed by atoms with Crippen molar-refractivity contribution < 1.29 is 0 Å². The molecule has 0 spiro atoms. The van der Waals surface area contributed by atoms with Crippen molar-refractivity contribution in [2.45, 2.75) is 19.4 Å². The lowest BCUT2D eigenvalue weighted by Crippen LogP contribution is -2.11. The summed E-state index contributed by atoms with van der Waals surface area (Å²) in [5, 5.41) is 6.54. The summed E-state index contributed by atoms with van der Waals surface area (Å²) < 4.78 is 0. The Balaban J connectivity index is 2.70. The Kier molecular flexibility index (Phi) is 2.24. The van der Waals surface area contributed by atoms with E-state index < -0.39 is 0 Å². The fourth-order valence-electron chi connectivity index (χ4n) is 0.752. The molecule has 1 atom stereocenters. The first-order valence-corrected chi connectivity index (χ1v) is 3.32. The quantitative estimate of drug-likeness (QED) is 0.589. The number of rotatable bonds is 2. The van der Waals surface area contributed by atoms with Crippen LogP contribution in [0.2, 0.25) is 0 Å². The summed E-state index contributed by atoms with van der Waals surface area (Å²) in [6.07, 6.45) is 5.56. The van der Waals surface area contributed by atoms with Gasteiger partial charge in [0, 0.05) is 6.42 Å². The molecule has 58 valence electrons. The third-order valence-corrected chi connectivity index (χ3v) is 1.30. The topological polar surface area (TPSA) is 67.6 Å². The van der Waals surface area contributed by atoms with E-state index in [0.29, 0.717) is 18.1 Å². The van der Waals surface area contributed by atoms with Crippen LogP contribution in [0.4, 0.5) is 0 Å². The molecule has 0 aliphatic heterocycles. The first-order chi connectivity index (χ1) is 5.24. The molecule has 0 aliphatic carbocycles. The minimum absolute atomic E-state index is 0.221. The fourth-order valence-corrected chi connectivity index (χ4v) is 0.752. The predicted octanol–water partition coefficient (Wildman–Crippen LogP) is 0.136. The Hall–Kier alpha value is -1.34. The molecule has 11 heavy (non-hydrogen) atoms. The molecule has 0 aliphatic rings. The molecular formula is C7H10N4. The number of nitrogens with two attached hydrogens (primary N) is 1. The summed E-state index contributed by atoms with van der Waals surface area (Å²) in [5.74, 6) is 3.80. The van der Waals surface area contributed by atoms with Crippen LogP contribution in [-0.4, -0.2) is 15.2 Å². The van der Waals surface area contributed by atoms with Gasteiger partial charge < -0.3 is 5.73 Å². The van der Waals surface area contributed by atoms with Crippen LogP contribution < -0.4 is 5.73 Å². The van der Waals surface area contributed by atoms with Crippen LogP contribution in [0.3, 0.4) is 0 Å². The first-order valence-electron chi connectivity index (χ1n) is 3.32. The molecule has 1 unspecified atom stereocenters. The number of H-pyrrole nitrogens is 1. The maximum absolute atomic E-state index is 5.64. The van der Waals surface area contributed by atoms with Crippen molar-refractivity contribution in [2.75, 3.05) is 0 Å². The molecule has 4 nitrogen and oxygen atoms in total. The number of aromatic amines is 1. The summed E-state index contributed by atoms with van der Waals surface area (Å²) in [6.45, 7) is 1.79. The van der Waals surface area contributed by atoms with Crippen molar-refractivity contribution in [3.63, 3.8) is 0 Å². The van der Waals surface area contributed by atoms with Gasteiger partial charge in [0.2, 0.25) is 0 Å². The number of aryl methyl sites for hydroxylation is 1. The molecule has 0 radical (unpaired) electrons. The van der Waals surface area contributed by atoms with Crippen molar-refractivity contribution in [2.24, 2.45) is 5.73 Å². The van der Waals surface area contributed by atoms with Gasteiger partial charge in [-0.25, -0.2) is 4.98 Å². The summed E-state index contributed by atoms with van der Waals surface area (Å²) in [6, 6.07) is -0.221. The minimum Gasteiger partial charge on any atom is -0.321 e. The number of nitrogens with zero attached hydrogens (tertiary/aromatic N) is 2. The van der Waals surface area contributed by atoms with Crippen LogP contribution in [0.15, 0.2) is 0 Å². The summed E-state index contributed by atoms with van der Waals surface area (Å²) in [7, 11) is 0. The lowest BCUT2D eigenvalue weighted by atomic mass is 10.2. The van der Waals surface area contributed by atoms with Crippen LogP contribution in [0.1, 0.15) is 24.1 Å². The van der Waals surface area contributed by atoms with Crippen LogP contribution in [0, 0.1) is 19.3 Å². The molecule has 4 heteroatoms. The summed E-state index contributed by atoms with van der Waals surface area (Å²) >= 11 is 0. The lowest BCUT2D eigenvalue weighted by Gasteiger charge is -2.00. The number of hydrogen-bond acceptors (Lipinski definition) is 3. The number of terminal acetylenes is 1. The molecule has 0 aromatic carbocycles. The second-order valence-corrected chi connectivity index (χ2v) is 2.28. The van der Waals surface area contributed by atoms with Gasteiger partial charge in [0.15, 0.2) is 0 Å². The van der Waals surface area contributed by atoms with Gasteiger partial charge in [0.25, 0.3) is 0 Å². The van der Waals surface area contributed by atoms with E-state index in [2.05, 4.69) is 21.1 Å². The van der Waals surface area contributed by atoms with Crippen molar-refractivity contribution in [1.29, 1.82) is 0 Å². The van der Waals surface area contributed by atoms with Gasteiger partial charge in [-0.15, -0.1) is 12.3 Å². The SMILES string of the molecule is C#CCC(N)c1nc(C)n[nH]1. The zero-order valence-electron chi connectivity index (χ0n) is 6.33. The maximum atomic E-state index is 5.64. The maximum Gasteiger partial charge on any atom is 0.147 e. The van der Waals surface area contributed by atoms with Crippen LogP contribution in [0.25, 0.3) is 0 Å². The highest BCUT2D eigenvalue weighted by atomic mass is 15.2. The van der Waals surface area contributed by atoms with E-state index in [1.807, 2.05) is 0 Å². The molecule has 1 heterocycles. The van der Waals surface area contributed by atoms with Gasteiger partial charge in [-0.3, -0.25) is 5.10 Å². The van der Waals surface area contributed by atoms with Crippen LogP contribution in [0.5, 0.6) is 0 Å². The molecule has 0 amide bonds. The second kappa shape index (κ2) is 3.17. The average molecular weight is 150 g/mol. The van der Waals surface area contributed by atoms with E-state index in [4.69, 9.17) is 12.2 Å². The van der Waals surface area contributed by atoms with Gasteiger partial charge in [-0.05, 0) is 6.92 Å². The van der Waals surface area contributed by atoms with Gasteiger partial charge in [0.1, 0.15) is 11.6 Å². The van der Waals surface area contributed by atoms with Gasteiger partial charge in [-0.1, -0.05) is 0 Å². The van der Waals surface area contributed by atoms with Crippen molar-refractivity contribution in [1.82, 2.24) is 15.2 Å². The van der Waals surface area contributed by atoms with Crippen LogP contribution in [-0.2, 0) is 0 Å². The van der Waals surface area contributed by atoms with E-state index in [1.54, 1.807) is 6.92 Å². The van der Waals surface area contributed by atoms with Crippen molar-refractivity contribution in [3.05, 3.63) is 11.6 Å². The highest BCUT2D eigenvalue weighted by molar-refractivity contribution is 5.00. The highest BCUT2D eigenvalue weighted by Gasteiger charge is 2.07. The molecule has 0 saturated heterocycles. The standard InChI is InChI=1S/C7H10N4/c1-3-4-6(8)7-9-5(2)10-11-7/h1,6H,4,8H2,2H3,(H,9,10,11). The highest BCUT2D eigenvalue weighted by Crippen LogP contribution is 2.06. The largest absolute Gasteiger partial charge is 0.321 e. The molecule has 1 aromatic rings. The van der Waals surface area contributed by atoms with Gasteiger partial charge in [-0.2, -0.15) is 5.10 Å². The van der Waals surface area contributed by atoms with E-state index in [1.165, 1.54) is 0 Å². The Morgan fingerprint density at radius 1 is 1.82 bits per heavy atom. The van der Waals surface area contributed by atoms with Gasteiger partial charge in [0.05, 0.1) is 6.04 Å². The number of hydrogen-bond donors (Lipinski definition) is 2. The predicted molar refractivity (Wildman–Crippen MR) is 41.5 cm³/mol. The van der Waals surface area contributed by atoms with E-state index >= 15 is 0 Å². The molecule has 1 aromatic heterocycles. The van der Waals surface area contributed by atoms with E-state index in [9.17, 15) is 0 Å². The average Bonchev–Trinajstić information content (AvgIpc) is 2.36. The third-order valence-electron chi connectivity index (χ3n) is 1.30. The monoisotopic (exact) mass is 150 g/mol. The van der Waals surface area contributed by atoms with Crippen molar-refractivity contribution in [3.8, 4) is 12.3 Å². The zero-order valence-corrected chi connectivity index (χ0v) is 6.33. The normalized spacial score (nSPS) is 12.5. The minimum atomic E-state index is -0.221.